The van der Waals surface area contributed by atoms with Crippen molar-refractivity contribution in [3.63, 3.8) is 0 Å². The molecule has 0 saturated heterocycles. The van der Waals surface area contributed by atoms with Crippen LogP contribution in [0, 0.1) is 0 Å². The molecule has 25 heavy (non-hydrogen) atoms. The normalized spacial score (nSPS) is 11.0. The molecular formula is C18H13ClN2O3S. The second kappa shape index (κ2) is 7.46. The summed E-state index contributed by atoms with van der Waals surface area (Å²) >= 11 is 7.58. The fourth-order valence-electron chi connectivity index (χ4n) is 2.20. The lowest BCUT2D eigenvalue weighted by Crippen LogP contribution is -2.16. The van der Waals surface area contributed by atoms with Crippen molar-refractivity contribution in [2.75, 3.05) is 7.11 Å². The Bertz CT molecular complexity index is 964. The van der Waals surface area contributed by atoms with Crippen molar-refractivity contribution in [1.29, 1.82) is 0 Å². The maximum absolute atomic E-state index is 12.2. The quantitative estimate of drug-likeness (QED) is 0.426. The van der Waals surface area contributed by atoms with Crippen molar-refractivity contribution in [3.8, 4) is 0 Å². The van der Waals surface area contributed by atoms with Crippen molar-refractivity contribution >= 4 is 51.1 Å². The third-order valence-corrected chi connectivity index (χ3v) is 5.13. The summed E-state index contributed by atoms with van der Waals surface area (Å²) in [5, 5.41) is 5.21. The van der Waals surface area contributed by atoms with Gasteiger partial charge in [0, 0.05) is 10.1 Å². The molecule has 1 N–H and O–H groups in total. The molecule has 3 rings (SSSR count). The Balaban J connectivity index is 1.70. The van der Waals surface area contributed by atoms with Gasteiger partial charge in [-0.1, -0.05) is 41.9 Å². The summed E-state index contributed by atoms with van der Waals surface area (Å²) in [4.78, 5) is 24.0. The molecule has 0 atom stereocenters. The number of hydrazone groups is 1. The summed E-state index contributed by atoms with van der Waals surface area (Å²) in [6.45, 7) is 0. The molecule has 2 aromatic carbocycles. The average molecular weight is 373 g/mol. The number of hydrogen-bond donors (Lipinski definition) is 1. The van der Waals surface area contributed by atoms with Gasteiger partial charge in [-0.05, 0) is 23.8 Å². The Kier molecular flexibility index (Phi) is 5.11. The van der Waals surface area contributed by atoms with Crippen LogP contribution in [-0.4, -0.2) is 25.2 Å². The zero-order valence-corrected chi connectivity index (χ0v) is 14.7. The first kappa shape index (κ1) is 17.1. The highest BCUT2D eigenvalue weighted by Gasteiger charge is 2.16. The molecule has 3 aromatic rings. The fourth-order valence-corrected chi connectivity index (χ4v) is 3.61. The van der Waals surface area contributed by atoms with Gasteiger partial charge in [-0.15, -0.1) is 11.3 Å². The molecule has 1 heterocycles. The van der Waals surface area contributed by atoms with Crippen LogP contribution in [0.25, 0.3) is 10.1 Å². The monoisotopic (exact) mass is 372 g/mol. The molecule has 0 aliphatic heterocycles. The number of nitrogens with one attached hydrogen (secondary N) is 1. The number of benzene rings is 2. The number of carbonyl (C=O) groups excluding carboxylic acids is 2. The van der Waals surface area contributed by atoms with E-state index in [1.54, 1.807) is 24.3 Å². The van der Waals surface area contributed by atoms with E-state index < -0.39 is 5.97 Å². The second-order valence-corrected chi connectivity index (χ2v) is 6.48. The number of amides is 1. The van der Waals surface area contributed by atoms with Crippen LogP contribution in [0.4, 0.5) is 0 Å². The number of methoxy groups -OCH3 is 1. The van der Waals surface area contributed by atoms with E-state index >= 15 is 0 Å². The van der Waals surface area contributed by atoms with Crippen LogP contribution in [0.3, 0.4) is 0 Å². The van der Waals surface area contributed by atoms with Gasteiger partial charge in [0.1, 0.15) is 4.88 Å². The lowest BCUT2D eigenvalue weighted by molar-refractivity contribution is 0.0600. The number of fused-ring (bicyclic) bond motifs is 1. The van der Waals surface area contributed by atoms with E-state index in [1.165, 1.54) is 24.7 Å². The summed E-state index contributed by atoms with van der Waals surface area (Å²) in [5.74, 6) is -0.773. The van der Waals surface area contributed by atoms with Crippen molar-refractivity contribution in [2.24, 2.45) is 5.10 Å². The fraction of sp³-hybridized carbons (Fsp3) is 0.0556. The van der Waals surface area contributed by atoms with E-state index in [4.69, 9.17) is 11.6 Å². The van der Waals surface area contributed by atoms with Gasteiger partial charge in [-0.25, -0.2) is 10.2 Å². The Morgan fingerprint density at radius 1 is 1.16 bits per heavy atom. The highest BCUT2D eigenvalue weighted by molar-refractivity contribution is 7.21. The van der Waals surface area contributed by atoms with Gasteiger partial charge < -0.3 is 4.74 Å². The number of esters is 1. The van der Waals surface area contributed by atoms with E-state index in [0.29, 0.717) is 15.5 Å². The molecule has 0 fully saturated rings. The summed E-state index contributed by atoms with van der Waals surface area (Å²) in [7, 11) is 1.33. The molecule has 126 valence electrons. The van der Waals surface area contributed by atoms with Gasteiger partial charge >= 0.3 is 5.97 Å². The zero-order chi connectivity index (χ0) is 17.8. The number of hydrogen-bond acceptors (Lipinski definition) is 5. The molecule has 1 amide bonds. The summed E-state index contributed by atoms with van der Waals surface area (Å²) < 4.78 is 5.58. The Labute approximate surface area is 152 Å². The SMILES string of the molecule is COC(=O)c1ccc(/C=N\NC(=O)c2sc3ccccc3c2Cl)cc1. The van der Waals surface area contributed by atoms with E-state index in [9.17, 15) is 9.59 Å². The maximum atomic E-state index is 12.2. The van der Waals surface area contributed by atoms with Crippen LogP contribution in [-0.2, 0) is 4.74 Å². The minimum absolute atomic E-state index is 0.367. The molecule has 7 heteroatoms. The van der Waals surface area contributed by atoms with Crippen LogP contribution in [0.1, 0.15) is 25.6 Å². The number of nitrogens with zero attached hydrogens (tertiary/aromatic N) is 1. The first-order valence-electron chi connectivity index (χ1n) is 7.29. The Morgan fingerprint density at radius 2 is 1.88 bits per heavy atom. The molecule has 0 aliphatic carbocycles. The van der Waals surface area contributed by atoms with Crippen LogP contribution >= 0.6 is 22.9 Å². The number of thiophene rings is 1. The first-order valence-corrected chi connectivity index (χ1v) is 8.48. The predicted octanol–water partition coefficient (Wildman–Crippen LogP) is 4.11. The lowest BCUT2D eigenvalue weighted by Gasteiger charge is -2.00. The van der Waals surface area contributed by atoms with Crippen LogP contribution in [0.15, 0.2) is 53.6 Å². The van der Waals surface area contributed by atoms with Gasteiger partial charge in [-0.3, -0.25) is 4.79 Å². The van der Waals surface area contributed by atoms with Gasteiger partial charge in [-0.2, -0.15) is 5.10 Å². The third-order valence-electron chi connectivity index (χ3n) is 3.45. The van der Waals surface area contributed by atoms with E-state index in [-0.39, 0.29) is 5.91 Å². The molecule has 0 unspecified atom stereocenters. The summed E-state index contributed by atoms with van der Waals surface area (Å²) in [6.07, 6.45) is 1.49. The van der Waals surface area contributed by atoms with Crippen LogP contribution in [0.2, 0.25) is 5.02 Å². The number of rotatable bonds is 4. The topological polar surface area (TPSA) is 67.8 Å². The van der Waals surface area contributed by atoms with E-state index in [0.717, 1.165) is 15.6 Å². The molecular weight excluding hydrogens is 360 g/mol. The highest BCUT2D eigenvalue weighted by atomic mass is 35.5. The summed E-state index contributed by atoms with van der Waals surface area (Å²) in [5.41, 5.74) is 3.64. The zero-order valence-electron chi connectivity index (χ0n) is 13.2. The first-order chi connectivity index (χ1) is 12.1. The van der Waals surface area contributed by atoms with Gasteiger partial charge in [0.15, 0.2) is 0 Å². The molecule has 0 aliphatic rings. The van der Waals surface area contributed by atoms with E-state index in [1.807, 2.05) is 24.3 Å². The van der Waals surface area contributed by atoms with Crippen LogP contribution < -0.4 is 5.43 Å². The third kappa shape index (κ3) is 3.70. The minimum Gasteiger partial charge on any atom is -0.465 e. The Morgan fingerprint density at radius 3 is 2.56 bits per heavy atom. The molecule has 1 aromatic heterocycles. The van der Waals surface area contributed by atoms with Gasteiger partial charge in [0.25, 0.3) is 5.91 Å². The minimum atomic E-state index is -0.406. The van der Waals surface area contributed by atoms with Crippen molar-refractivity contribution in [2.45, 2.75) is 0 Å². The smallest absolute Gasteiger partial charge is 0.337 e. The Hall–Kier alpha value is -2.70. The maximum Gasteiger partial charge on any atom is 0.337 e. The van der Waals surface area contributed by atoms with Crippen molar-refractivity contribution in [3.05, 3.63) is 69.6 Å². The molecule has 5 nitrogen and oxygen atoms in total. The molecule has 0 spiro atoms. The van der Waals surface area contributed by atoms with Gasteiger partial charge in [0.2, 0.25) is 0 Å². The van der Waals surface area contributed by atoms with E-state index in [2.05, 4.69) is 15.3 Å². The van der Waals surface area contributed by atoms with Crippen molar-refractivity contribution < 1.29 is 14.3 Å². The second-order valence-electron chi connectivity index (χ2n) is 5.05. The van der Waals surface area contributed by atoms with Crippen molar-refractivity contribution in [1.82, 2.24) is 5.43 Å². The predicted molar refractivity (Wildman–Crippen MR) is 99.7 cm³/mol. The summed E-state index contributed by atoms with van der Waals surface area (Å²) in [6, 6.07) is 14.2. The standard InChI is InChI=1S/C18H13ClN2O3S/c1-24-18(23)12-8-6-11(7-9-12)10-20-21-17(22)16-15(19)13-4-2-3-5-14(13)25-16/h2-10H,1H3,(H,21,22)/b20-10-. The lowest BCUT2D eigenvalue weighted by atomic mass is 10.1. The molecule has 0 radical (unpaired) electrons. The average Bonchev–Trinajstić information content (AvgIpc) is 2.99. The largest absolute Gasteiger partial charge is 0.465 e. The van der Waals surface area contributed by atoms with Gasteiger partial charge in [0.05, 0.1) is 23.9 Å². The molecule has 0 saturated carbocycles. The van der Waals surface area contributed by atoms with Crippen LogP contribution in [0.5, 0.6) is 0 Å². The number of carbonyl (C=O) groups is 2. The number of halogens is 1. The number of ether oxygens (including phenoxy) is 1. The highest BCUT2D eigenvalue weighted by Crippen LogP contribution is 2.34. The molecule has 0 bridgehead atoms.